The first-order valence-corrected chi connectivity index (χ1v) is 10.5. The number of carbonyl (C=O) groups excluding carboxylic acids is 2. The number of piperidine rings is 1. The lowest BCUT2D eigenvalue weighted by atomic mass is 10.0. The Morgan fingerprint density at radius 3 is 2.39 bits per heavy atom. The second-order valence-corrected chi connectivity index (χ2v) is 7.56. The normalized spacial score (nSPS) is 14.1. The van der Waals surface area contributed by atoms with Gasteiger partial charge in [0.05, 0.1) is 21.3 Å². The summed E-state index contributed by atoms with van der Waals surface area (Å²) in [7, 11) is 4.75. The molecule has 166 valence electrons. The molecule has 1 aliphatic heterocycles. The number of nitrogens with zero attached hydrogens (tertiary/aromatic N) is 1. The van der Waals surface area contributed by atoms with E-state index in [-0.39, 0.29) is 17.9 Å². The van der Waals surface area contributed by atoms with Gasteiger partial charge in [-0.1, -0.05) is 12.1 Å². The van der Waals surface area contributed by atoms with Gasteiger partial charge in [-0.3, -0.25) is 9.59 Å². The van der Waals surface area contributed by atoms with Crippen LogP contribution in [-0.4, -0.2) is 57.2 Å². The highest BCUT2D eigenvalue weighted by Crippen LogP contribution is 2.28. The maximum Gasteiger partial charge on any atom is 0.253 e. The van der Waals surface area contributed by atoms with Crippen LogP contribution in [0.5, 0.6) is 17.2 Å². The second-order valence-electron chi connectivity index (χ2n) is 7.56. The number of likely N-dealkylation sites (tertiary alicyclic amines) is 1. The molecule has 1 heterocycles. The van der Waals surface area contributed by atoms with Crippen LogP contribution in [0, 0.1) is 0 Å². The summed E-state index contributed by atoms with van der Waals surface area (Å²) in [6, 6.07) is 13.0. The van der Waals surface area contributed by atoms with Crippen LogP contribution in [0.4, 0.5) is 0 Å². The molecule has 7 heteroatoms. The van der Waals surface area contributed by atoms with Crippen molar-refractivity contribution in [2.45, 2.75) is 31.7 Å². The van der Waals surface area contributed by atoms with Crippen LogP contribution in [0.1, 0.15) is 35.2 Å². The van der Waals surface area contributed by atoms with Crippen molar-refractivity contribution >= 4 is 11.8 Å². The van der Waals surface area contributed by atoms with Gasteiger partial charge in [-0.05, 0) is 55.2 Å². The Morgan fingerprint density at radius 1 is 0.968 bits per heavy atom. The highest BCUT2D eigenvalue weighted by atomic mass is 16.5. The zero-order chi connectivity index (χ0) is 22.2. The first kappa shape index (κ1) is 22.5. The van der Waals surface area contributed by atoms with E-state index in [2.05, 4.69) is 5.32 Å². The number of benzene rings is 2. The molecule has 0 aliphatic carbocycles. The SMILES string of the molecule is COc1cccc(CCC(=O)NC2CCN(C(=O)c3ccc(OC)c(OC)c3)CC2)c1. The number of amides is 2. The Labute approximate surface area is 183 Å². The van der Waals surface area contributed by atoms with E-state index >= 15 is 0 Å². The van der Waals surface area contributed by atoms with Crippen LogP contribution in [-0.2, 0) is 11.2 Å². The fraction of sp³-hybridized carbons (Fsp3) is 0.417. The van der Waals surface area contributed by atoms with Crippen LogP contribution in [0.25, 0.3) is 0 Å². The Kier molecular flexibility index (Phi) is 7.76. The lowest BCUT2D eigenvalue weighted by Gasteiger charge is -2.32. The van der Waals surface area contributed by atoms with E-state index in [4.69, 9.17) is 14.2 Å². The molecular weight excluding hydrogens is 396 g/mol. The van der Waals surface area contributed by atoms with E-state index < -0.39 is 0 Å². The first-order chi connectivity index (χ1) is 15.0. The minimum absolute atomic E-state index is 0.0347. The summed E-state index contributed by atoms with van der Waals surface area (Å²) in [5.74, 6) is 1.92. The van der Waals surface area contributed by atoms with Gasteiger partial charge in [-0.15, -0.1) is 0 Å². The maximum absolute atomic E-state index is 12.8. The van der Waals surface area contributed by atoms with Gasteiger partial charge in [0, 0.05) is 31.1 Å². The number of methoxy groups -OCH3 is 3. The second kappa shape index (κ2) is 10.7. The Morgan fingerprint density at radius 2 is 1.71 bits per heavy atom. The quantitative estimate of drug-likeness (QED) is 0.702. The fourth-order valence-corrected chi connectivity index (χ4v) is 3.76. The predicted molar refractivity (Wildman–Crippen MR) is 118 cm³/mol. The minimum atomic E-state index is -0.0382. The van der Waals surface area contributed by atoms with E-state index in [9.17, 15) is 9.59 Å². The molecule has 0 bridgehead atoms. The first-order valence-electron chi connectivity index (χ1n) is 10.5. The molecule has 2 aromatic rings. The van der Waals surface area contributed by atoms with Gasteiger partial charge in [-0.25, -0.2) is 0 Å². The van der Waals surface area contributed by atoms with Crippen LogP contribution in [0.2, 0.25) is 0 Å². The van der Waals surface area contributed by atoms with Crippen LogP contribution in [0.15, 0.2) is 42.5 Å². The summed E-state index contributed by atoms with van der Waals surface area (Å²) < 4.78 is 15.7. The van der Waals surface area contributed by atoms with Gasteiger partial charge in [0.15, 0.2) is 11.5 Å². The molecule has 7 nitrogen and oxygen atoms in total. The van der Waals surface area contributed by atoms with Crippen molar-refractivity contribution in [2.24, 2.45) is 0 Å². The lowest BCUT2D eigenvalue weighted by molar-refractivity contribution is -0.122. The monoisotopic (exact) mass is 426 g/mol. The smallest absolute Gasteiger partial charge is 0.253 e. The molecule has 1 fully saturated rings. The minimum Gasteiger partial charge on any atom is -0.497 e. The molecule has 1 saturated heterocycles. The molecule has 31 heavy (non-hydrogen) atoms. The summed E-state index contributed by atoms with van der Waals surface area (Å²) in [6.07, 6.45) is 2.57. The highest BCUT2D eigenvalue weighted by Gasteiger charge is 2.25. The number of ether oxygens (including phenoxy) is 3. The van der Waals surface area contributed by atoms with Crippen molar-refractivity contribution in [1.29, 1.82) is 0 Å². The van der Waals surface area contributed by atoms with E-state index in [0.29, 0.717) is 43.0 Å². The van der Waals surface area contributed by atoms with Gasteiger partial charge >= 0.3 is 0 Å². The molecule has 1 N–H and O–H groups in total. The van der Waals surface area contributed by atoms with Gasteiger partial charge in [0.25, 0.3) is 5.91 Å². The number of carbonyl (C=O) groups is 2. The third-order valence-electron chi connectivity index (χ3n) is 5.55. The molecule has 0 saturated carbocycles. The van der Waals surface area contributed by atoms with Gasteiger partial charge in [0.1, 0.15) is 5.75 Å². The van der Waals surface area contributed by atoms with Crippen molar-refractivity contribution in [1.82, 2.24) is 10.2 Å². The molecule has 2 aromatic carbocycles. The summed E-state index contributed by atoms with van der Waals surface area (Å²) in [6.45, 7) is 1.21. The molecule has 3 rings (SSSR count). The number of hydrogen-bond acceptors (Lipinski definition) is 5. The molecule has 0 atom stereocenters. The average molecular weight is 427 g/mol. The van der Waals surface area contributed by atoms with E-state index in [1.54, 1.807) is 39.5 Å². The molecule has 2 amide bonds. The van der Waals surface area contributed by atoms with E-state index in [1.165, 1.54) is 0 Å². The standard InChI is InChI=1S/C24H30N2O5/c1-29-20-6-4-5-17(15-20)7-10-23(27)25-19-11-13-26(14-12-19)24(28)18-8-9-21(30-2)22(16-18)31-3/h4-6,8-9,15-16,19H,7,10-14H2,1-3H3,(H,25,27). The fourth-order valence-electron chi connectivity index (χ4n) is 3.76. The van der Waals surface area contributed by atoms with Crippen LogP contribution in [0.3, 0.4) is 0 Å². The number of nitrogens with one attached hydrogen (secondary N) is 1. The molecule has 0 radical (unpaired) electrons. The van der Waals surface area contributed by atoms with Gasteiger partial charge < -0.3 is 24.4 Å². The number of hydrogen-bond donors (Lipinski definition) is 1. The Balaban J connectivity index is 1.46. The summed E-state index contributed by atoms with van der Waals surface area (Å²) in [5.41, 5.74) is 1.64. The van der Waals surface area contributed by atoms with Crippen LogP contribution < -0.4 is 19.5 Å². The molecule has 1 aliphatic rings. The maximum atomic E-state index is 12.8. The van der Waals surface area contributed by atoms with Crippen molar-refractivity contribution < 1.29 is 23.8 Å². The Bertz CT molecular complexity index is 907. The predicted octanol–water partition coefficient (Wildman–Crippen LogP) is 3.07. The van der Waals surface area contributed by atoms with Gasteiger partial charge in [-0.2, -0.15) is 0 Å². The van der Waals surface area contributed by atoms with E-state index in [0.717, 1.165) is 24.2 Å². The zero-order valence-electron chi connectivity index (χ0n) is 18.3. The van der Waals surface area contributed by atoms with Gasteiger partial charge in [0.2, 0.25) is 5.91 Å². The molecular formula is C24H30N2O5. The van der Waals surface area contributed by atoms with Crippen molar-refractivity contribution in [2.75, 3.05) is 34.4 Å². The number of rotatable bonds is 8. The molecule has 0 spiro atoms. The highest BCUT2D eigenvalue weighted by molar-refractivity contribution is 5.95. The zero-order valence-corrected chi connectivity index (χ0v) is 18.3. The molecule has 0 aromatic heterocycles. The number of aryl methyl sites for hydroxylation is 1. The van der Waals surface area contributed by atoms with Crippen molar-refractivity contribution in [3.8, 4) is 17.2 Å². The molecule has 0 unspecified atom stereocenters. The van der Waals surface area contributed by atoms with Crippen molar-refractivity contribution in [3.05, 3.63) is 53.6 Å². The largest absolute Gasteiger partial charge is 0.497 e. The third kappa shape index (κ3) is 5.90. The Hall–Kier alpha value is -3.22. The average Bonchev–Trinajstić information content (AvgIpc) is 2.82. The summed E-state index contributed by atoms with van der Waals surface area (Å²) in [5, 5.41) is 3.11. The summed E-state index contributed by atoms with van der Waals surface area (Å²) in [4.78, 5) is 27.0. The van der Waals surface area contributed by atoms with E-state index in [1.807, 2.05) is 29.2 Å². The summed E-state index contributed by atoms with van der Waals surface area (Å²) >= 11 is 0. The van der Waals surface area contributed by atoms with Crippen LogP contribution >= 0.6 is 0 Å². The lowest BCUT2D eigenvalue weighted by Crippen LogP contribution is -2.46. The van der Waals surface area contributed by atoms with Crippen molar-refractivity contribution in [3.63, 3.8) is 0 Å². The topological polar surface area (TPSA) is 77.1 Å². The third-order valence-corrected chi connectivity index (χ3v) is 5.55.